The topological polar surface area (TPSA) is 50.4 Å². The van der Waals surface area contributed by atoms with Gasteiger partial charge in [0.05, 0.1) is 6.61 Å². The number of amides is 1. The highest BCUT2D eigenvalue weighted by Gasteiger charge is 2.06. The minimum absolute atomic E-state index is 0.0357. The van der Waals surface area contributed by atoms with Gasteiger partial charge in [-0.3, -0.25) is 4.79 Å². The Balaban J connectivity index is 2.49. The zero-order chi connectivity index (χ0) is 15.7. The van der Waals surface area contributed by atoms with Gasteiger partial charge in [0.2, 0.25) is 5.91 Å². The van der Waals surface area contributed by atoms with Crippen molar-refractivity contribution < 1.29 is 9.53 Å². The van der Waals surface area contributed by atoms with E-state index in [4.69, 9.17) is 16.3 Å². The number of carbonyl (C=O) groups excluding carboxylic acids is 1. The average molecular weight is 313 g/mol. The smallest absolute Gasteiger partial charge is 0.219 e. The van der Waals surface area contributed by atoms with Crippen LogP contribution in [-0.4, -0.2) is 26.1 Å². The van der Waals surface area contributed by atoms with Crippen LogP contribution >= 0.6 is 11.6 Å². The molecule has 0 radical (unpaired) electrons. The van der Waals surface area contributed by atoms with Gasteiger partial charge < -0.3 is 15.4 Å². The Morgan fingerprint density at radius 1 is 1.38 bits per heavy atom. The predicted octanol–water partition coefficient (Wildman–Crippen LogP) is 2.99. The van der Waals surface area contributed by atoms with Gasteiger partial charge in [0.15, 0.2) is 0 Å². The lowest BCUT2D eigenvalue weighted by atomic mass is 10.1. The molecule has 4 nitrogen and oxygen atoms in total. The van der Waals surface area contributed by atoms with Crippen LogP contribution in [0, 0.1) is 5.92 Å². The largest absolute Gasteiger partial charge is 0.493 e. The fourth-order valence-corrected chi connectivity index (χ4v) is 2.06. The lowest BCUT2D eigenvalue weighted by molar-refractivity contribution is -0.120. The van der Waals surface area contributed by atoms with Crippen molar-refractivity contribution in [2.75, 3.05) is 20.2 Å². The summed E-state index contributed by atoms with van der Waals surface area (Å²) in [6.07, 6.45) is 1.17. The molecule has 0 heterocycles. The molecular weight excluding hydrogens is 288 g/mol. The van der Waals surface area contributed by atoms with Crippen LogP contribution in [0.3, 0.4) is 0 Å². The normalized spacial score (nSPS) is 10.7. The summed E-state index contributed by atoms with van der Waals surface area (Å²) in [5.74, 6) is 1.46. The number of nitrogens with one attached hydrogen (secondary N) is 2. The van der Waals surface area contributed by atoms with Gasteiger partial charge in [0.1, 0.15) is 5.75 Å². The minimum Gasteiger partial charge on any atom is -0.493 e. The van der Waals surface area contributed by atoms with Crippen LogP contribution in [0.5, 0.6) is 5.75 Å². The molecule has 0 aliphatic carbocycles. The van der Waals surface area contributed by atoms with Crippen LogP contribution in [0.1, 0.15) is 32.3 Å². The fourth-order valence-electron chi connectivity index (χ4n) is 1.86. The standard InChI is InChI=1S/C16H25ClN2O2/c1-12(2)10-19-11-13-9-14(17)6-7-15(13)21-8-4-5-16(20)18-3/h6-7,9,12,19H,4-5,8,10-11H2,1-3H3,(H,18,20). The van der Waals surface area contributed by atoms with Crippen molar-refractivity contribution in [3.05, 3.63) is 28.8 Å². The maximum absolute atomic E-state index is 11.1. The van der Waals surface area contributed by atoms with E-state index < -0.39 is 0 Å². The maximum atomic E-state index is 11.1. The van der Waals surface area contributed by atoms with Crippen LogP contribution < -0.4 is 15.4 Å². The van der Waals surface area contributed by atoms with Gasteiger partial charge in [-0.2, -0.15) is 0 Å². The Morgan fingerprint density at radius 3 is 2.81 bits per heavy atom. The van der Waals surface area contributed by atoms with Crippen molar-refractivity contribution in [1.82, 2.24) is 10.6 Å². The second-order valence-electron chi connectivity index (χ2n) is 5.40. The molecule has 0 saturated carbocycles. The van der Waals surface area contributed by atoms with E-state index in [1.807, 2.05) is 18.2 Å². The molecule has 0 aliphatic heterocycles. The van der Waals surface area contributed by atoms with Crippen LogP contribution in [-0.2, 0) is 11.3 Å². The Hall–Kier alpha value is -1.26. The van der Waals surface area contributed by atoms with Gasteiger partial charge in [0.25, 0.3) is 0 Å². The highest BCUT2D eigenvalue weighted by Crippen LogP contribution is 2.23. The Kier molecular flexibility index (Phi) is 8.16. The molecule has 0 spiro atoms. The minimum atomic E-state index is 0.0357. The van der Waals surface area contributed by atoms with Crippen molar-refractivity contribution in [2.24, 2.45) is 5.92 Å². The zero-order valence-corrected chi connectivity index (χ0v) is 13.8. The SMILES string of the molecule is CNC(=O)CCCOc1ccc(Cl)cc1CNCC(C)C. The van der Waals surface area contributed by atoms with Crippen molar-refractivity contribution in [3.63, 3.8) is 0 Å². The second-order valence-corrected chi connectivity index (χ2v) is 5.84. The van der Waals surface area contributed by atoms with Crippen molar-refractivity contribution in [3.8, 4) is 5.75 Å². The molecule has 5 heteroatoms. The number of hydrogen-bond acceptors (Lipinski definition) is 3. The molecule has 1 aromatic rings. The Bertz CT molecular complexity index is 450. The highest BCUT2D eigenvalue weighted by atomic mass is 35.5. The molecule has 0 aromatic heterocycles. The second kappa shape index (κ2) is 9.64. The van der Waals surface area contributed by atoms with Crippen LogP contribution in [0.15, 0.2) is 18.2 Å². The molecule has 0 unspecified atom stereocenters. The van der Waals surface area contributed by atoms with Crippen LogP contribution in [0.4, 0.5) is 0 Å². The monoisotopic (exact) mass is 312 g/mol. The summed E-state index contributed by atoms with van der Waals surface area (Å²) in [7, 11) is 1.64. The number of hydrogen-bond donors (Lipinski definition) is 2. The molecule has 0 aliphatic rings. The van der Waals surface area contributed by atoms with Crippen LogP contribution in [0.2, 0.25) is 5.02 Å². The Morgan fingerprint density at radius 2 is 2.14 bits per heavy atom. The number of rotatable bonds is 9. The van der Waals surface area contributed by atoms with E-state index in [2.05, 4.69) is 24.5 Å². The van der Waals surface area contributed by atoms with Gasteiger partial charge >= 0.3 is 0 Å². The highest BCUT2D eigenvalue weighted by molar-refractivity contribution is 6.30. The van der Waals surface area contributed by atoms with Crippen LogP contribution in [0.25, 0.3) is 0 Å². The van der Waals surface area contributed by atoms with E-state index in [1.54, 1.807) is 7.05 Å². The first-order valence-electron chi connectivity index (χ1n) is 7.35. The third-order valence-electron chi connectivity index (χ3n) is 2.98. The summed E-state index contributed by atoms with van der Waals surface area (Å²) in [4.78, 5) is 11.1. The van der Waals surface area contributed by atoms with E-state index in [1.165, 1.54) is 0 Å². The molecule has 0 saturated heterocycles. The zero-order valence-electron chi connectivity index (χ0n) is 13.0. The average Bonchev–Trinajstić information content (AvgIpc) is 2.44. The first-order chi connectivity index (χ1) is 10.0. The number of halogens is 1. The van der Waals surface area contributed by atoms with Gasteiger partial charge in [-0.15, -0.1) is 0 Å². The van der Waals surface area contributed by atoms with E-state index in [9.17, 15) is 4.79 Å². The molecule has 1 rings (SSSR count). The lowest BCUT2D eigenvalue weighted by Crippen LogP contribution is -2.20. The molecule has 1 amide bonds. The van der Waals surface area contributed by atoms with Gasteiger partial charge in [-0.05, 0) is 37.1 Å². The summed E-state index contributed by atoms with van der Waals surface area (Å²) in [5.41, 5.74) is 1.04. The summed E-state index contributed by atoms with van der Waals surface area (Å²) >= 11 is 6.04. The third kappa shape index (κ3) is 7.34. The number of ether oxygens (including phenoxy) is 1. The first-order valence-corrected chi connectivity index (χ1v) is 7.73. The Labute approximate surface area is 132 Å². The van der Waals surface area contributed by atoms with Gasteiger partial charge in [0, 0.05) is 30.6 Å². The van der Waals surface area contributed by atoms with E-state index >= 15 is 0 Å². The van der Waals surface area contributed by atoms with Crippen molar-refractivity contribution >= 4 is 17.5 Å². The lowest BCUT2D eigenvalue weighted by Gasteiger charge is -2.13. The predicted molar refractivity (Wildman–Crippen MR) is 86.8 cm³/mol. The van der Waals surface area contributed by atoms with Gasteiger partial charge in [-0.25, -0.2) is 0 Å². The van der Waals surface area contributed by atoms with E-state index in [0.29, 0.717) is 30.4 Å². The molecule has 0 bridgehead atoms. The van der Waals surface area contributed by atoms with Crippen molar-refractivity contribution in [1.29, 1.82) is 0 Å². The summed E-state index contributed by atoms with van der Waals surface area (Å²) < 4.78 is 5.77. The molecular formula is C16H25ClN2O2. The third-order valence-corrected chi connectivity index (χ3v) is 3.21. The van der Waals surface area contributed by atoms with Crippen molar-refractivity contribution in [2.45, 2.75) is 33.2 Å². The molecule has 1 aromatic carbocycles. The molecule has 2 N–H and O–H groups in total. The summed E-state index contributed by atoms with van der Waals surface area (Å²) in [6.45, 7) is 6.53. The number of carbonyl (C=O) groups is 1. The number of benzene rings is 1. The summed E-state index contributed by atoms with van der Waals surface area (Å²) in [6, 6.07) is 5.62. The molecule has 118 valence electrons. The quantitative estimate of drug-likeness (QED) is 0.689. The maximum Gasteiger partial charge on any atom is 0.219 e. The van der Waals surface area contributed by atoms with E-state index in [-0.39, 0.29) is 5.91 Å². The van der Waals surface area contributed by atoms with Gasteiger partial charge in [-0.1, -0.05) is 25.4 Å². The molecule has 0 atom stereocenters. The summed E-state index contributed by atoms with van der Waals surface area (Å²) in [5, 5.41) is 6.69. The molecule has 0 fully saturated rings. The first kappa shape index (κ1) is 17.8. The van der Waals surface area contributed by atoms with E-state index in [0.717, 1.165) is 24.4 Å². The fraction of sp³-hybridized carbons (Fsp3) is 0.562. The molecule has 21 heavy (non-hydrogen) atoms.